The van der Waals surface area contributed by atoms with E-state index in [1.807, 2.05) is 0 Å². The molecule has 2 N–H and O–H groups in total. The predicted octanol–water partition coefficient (Wildman–Crippen LogP) is 5.07. The van der Waals surface area contributed by atoms with Gasteiger partial charge in [0.15, 0.2) is 0 Å². The fourth-order valence-corrected chi connectivity index (χ4v) is 3.51. The number of rotatable bonds is 3. The van der Waals surface area contributed by atoms with Crippen LogP contribution in [0.5, 0.6) is 0 Å². The van der Waals surface area contributed by atoms with Crippen LogP contribution in [0.15, 0.2) is 46.9 Å². The van der Waals surface area contributed by atoms with Crippen LogP contribution < -0.4 is 5.73 Å². The summed E-state index contributed by atoms with van der Waals surface area (Å²) in [5.74, 6) is 0.756. The molecule has 20 heavy (non-hydrogen) atoms. The summed E-state index contributed by atoms with van der Waals surface area (Å²) in [6, 6.07) is 15.2. The van der Waals surface area contributed by atoms with Crippen LogP contribution in [0.3, 0.4) is 0 Å². The largest absolute Gasteiger partial charge is 0.320 e. The standard InChI is InChI=1S/C18H20BrN/c1-12-8-16(11-17(19)9-12)18(20)15-7-3-6-14(10-15)13-4-2-5-13/h3,6-11,13,18H,2,4-5,20H2,1H3. The van der Waals surface area contributed by atoms with Crippen LogP contribution in [0.25, 0.3) is 0 Å². The second-order valence-electron chi connectivity index (χ2n) is 5.84. The summed E-state index contributed by atoms with van der Waals surface area (Å²) in [5.41, 5.74) is 11.5. The minimum atomic E-state index is -0.0498. The molecule has 0 radical (unpaired) electrons. The van der Waals surface area contributed by atoms with E-state index in [4.69, 9.17) is 5.73 Å². The smallest absolute Gasteiger partial charge is 0.0552 e. The van der Waals surface area contributed by atoms with E-state index < -0.39 is 0 Å². The Morgan fingerprint density at radius 1 is 1.10 bits per heavy atom. The Kier molecular flexibility index (Phi) is 3.95. The van der Waals surface area contributed by atoms with E-state index in [0.717, 1.165) is 10.4 Å². The SMILES string of the molecule is Cc1cc(Br)cc(C(N)c2cccc(C3CCC3)c2)c1. The van der Waals surface area contributed by atoms with Crippen molar-refractivity contribution in [2.75, 3.05) is 0 Å². The van der Waals surface area contributed by atoms with Gasteiger partial charge in [0.25, 0.3) is 0 Å². The Morgan fingerprint density at radius 3 is 2.55 bits per heavy atom. The molecule has 2 aromatic carbocycles. The first-order chi connectivity index (χ1) is 9.63. The van der Waals surface area contributed by atoms with Gasteiger partial charge in [-0.1, -0.05) is 52.7 Å². The van der Waals surface area contributed by atoms with E-state index in [-0.39, 0.29) is 6.04 Å². The maximum Gasteiger partial charge on any atom is 0.0552 e. The predicted molar refractivity (Wildman–Crippen MR) is 87.9 cm³/mol. The molecule has 1 saturated carbocycles. The van der Waals surface area contributed by atoms with Crippen molar-refractivity contribution in [1.29, 1.82) is 0 Å². The second-order valence-corrected chi connectivity index (χ2v) is 6.75. The molecule has 0 heterocycles. The van der Waals surface area contributed by atoms with Crippen LogP contribution >= 0.6 is 15.9 Å². The quantitative estimate of drug-likeness (QED) is 0.835. The summed E-state index contributed by atoms with van der Waals surface area (Å²) in [6.45, 7) is 2.10. The summed E-state index contributed by atoms with van der Waals surface area (Å²) >= 11 is 3.56. The lowest BCUT2D eigenvalue weighted by molar-refractivity contribution is 0.419. The van der Waals surface area contributed by atoms with Gasteiger partial charge in [0, 0.05) is 4.47 Å². The van der Waals surface area contributed by atoms with Gasteiger partial charge in [-0.25, -0.2) is 0 Å². The monoisotopic (exact) mass is 329 g/mol. The van der Waals surface area contributed by atoms with Crippen LogP contribution in [0.2, 0.25) is 0 Å². The highest BCUT2D eigenvalue weighted by Gasteiger charge is 2.20. The molecule has 0 spiro atoms. The summed E-state index contributed by atoms with van der Waals surface area (Å²) < 4.78 is 1.10. The number of hydrogen-bond donors (Lipinski definition) is 1. The summed E-state index contributed by atoms with van der Waals surface area (Å²) in [5, 5.41) is 0. The maximum absolute atomic E-state index is 6.46. The molecule has 2 aromatic rings. The third-order valence-electron chi connectivity index (χ3n) is 4.27. The molecular weight excluding hydrogens is 310 g/mol. The molecule has 3 rings (SSSR count). The highest BCUT2D eigenvalue weighted by molar-refractivity contribution is 9.10. The van der Waals surface area contributed by atoms with Gasteiger partial charge in [0.1, 0.15) is 0 Å². The molecule has 0 bridgehead atoms. The number of benzene rings is 2. The number of nitrogens with two attached hydrogens (primary N) is 1. The highest BCUT2D eigenvalue weighted by atomic mass is 79.9. The lowest BCUT2D eigenvalue weighted by Gasteiger charge is -2.26. The van der Waals surface area contributed by atoms with Gasteiger partial charge in [-0.15, -0.1) is 0 Å². The van der Waals surface area contributed by atoms with Gasteiger partial charge in [-0.2, -0.15) is 0 Å². The molecule has 1 aliphatic carbocycles. The molecule has 1 atom stereocenters. The third-order valence-corrected chi connectivity index (χ3v) is 4.73. The zero-order chi connectivity index (χ0) is 14.1. The van der Waals surface area contributed by atoms with Gasteiger partial charge >= 0.3 is 0 Å². The van der Waals surface area contributed by atoms with Crippen LogP contribution in [0.1, 0.15) is 53.5 Å². The van der Waals surface area contributed by atoms with E-state index in [1.54, 1.807) is 0 Å². The van der Waals surface area contributed by atoms with Gasteiger partial charge in [0.2, 0.25) is 0 Å². The first kappa shape index (κ1) is 13.8. The summed E-state index contributed by atoms with van der Waals surface area (Å²) in [7, 11) is 0. The van der Waals surface area contributed by atoms with Crippen LogP contribution in [-0.4, -0.2) is 0 Å². The van der Waals surface area contributed by atoms with Gasteiger partial charge in [-0.05, 0) is 60.1 Å². The molecule has 0 amide bonds. The van der Waals surface area contributed by atoms with E-state index in [2.05, 4.69) is 65.3 Å². The van der Waals surface area contributed by atoms with Crippen molar-refractivity contribution in [3.63, 3.8) is 0 Å². The molecule has 1 nitrogen and oxygen atoms in total. The molecule has 0 saturated heterocycles. The summed E-state index contributed by atoms with van der Waals surface area (Å²) in [6.07, 6.45) is 4.02. The fourth-order valence-electron chi connectivity index (χ4n) is 2.88. The fraction of sp³-hybridized carbons (Fsp3) is 0.333. The molecule has 104 valence electrons. The van der Waals surface area contributed by atoms with Crippen LogP contribution in [0.4, 0.5) is 0 Å². The zero-order valence-corrected chi connectivity index (χ0v) is 13.4. The van der Waals surface area contributed by atoms with Gasteiger partial charge in [0.05, 0.1) is 6.04 Å². The number of hydrogen-bond acceptors (Lipinski definition) is 1. The van der Waals surface area contributed by atoms with E-state index >= 15 is 0 Å². The molecule has 0 aliphatic heterocycles. The minimum absolute atomic E-state index is 0.0498. The topological polar surface area (TPSA) is 26.0 Å². The van der Waals surface area contributed by atoms with Gasteiger partial charge < -0.3 is 5.73 Å². The Morgan fingerprint density at radius 2 is 1.90 bits per heavy atom. The van der Waals surface area contributed by atoms with Crippen LogP contribution in [0, 0.1) is 6.92 Å². The average Bonchev–Trinajstić information content (AvgIpc) is 2.35. The van der Waals surface area contributed by atoms with E-state index in [0.29, 0.717) is 0 Å². The van der Waals surface area contributed by atoms with E-state index in [9.17, 15) is 0 Å². The van der Waals surface area contributed by atoms with Crippen LogP contribution in [-0.2, 0) is 0 Å². The lowest BCUT2D eigenvalue weighted by Crippen LogP contribution is -2.14. The highest BCUT2D eigenvalue weighted by Crippen LogP contribution is 2.37. The van der Waals surface area contributed by atoms with Crippen molar-refractivity contribution in [3.8, 4) is 0 Å². The zero-order valence-electron chi connectivity index (χ0n) is 11.8. The molecule has 1 fully saturated rings. The summed E-state index contributed by atoms with van der Waals surface area (Å²) in [4.78, 5) is 0. The first-order valence-corrected chi connectivity index (χ1v) is 8.05. The number of halogens is 1. The third kappa shape index (κ3) is 2.82. The average molecular weight is 330 g/mol. The lowest BCUT2D eigenvalue weighted by atomic mass is 9.79. The van der Waals surface area contributed by atoms with Crippen molar-refractivity contribution in [3.05, 3.63) is 69.2 Å². The molecular formula is C18H20BrN. The maximum atomic E-state index is 6.46. The molecule has 0 aromatic heterocycles. The van der Waals surface area contributed by atoms with E-state index in [1.165, 1.54) is 41.5 Å². The Hall–Kier alpha value is -1.12. The Bertz CT molecular complexity index is 596. The second kappa shape index (κ2) is 5.71. The molecule has 2 heteroatoms. The minimum Gasteiger partial charge on any atom is -0.320 e. The number of aryl methyl sites for hydroxylation is 1. The van der Waals surface area contributed by atoms with Gasteiger partial charge in [-0.3, -0.25) is 0 Å². The van der Waals surface area contributed by atoms with Crippen molar-refractivity contribution >= 4 is 15.9 Å². The van der Waals surface area contributed by atoms with Crippen molar-refractivity contribution in [1.82, 2.24) is 0 Å². The Balaban J connectivity index is 1.91. The normalized spacial score (nSPS) is 16.8. The Labute approximate surface area is 129 Å². The first-order valence-electron chi connectivity index (χ1n) is 7.26. The van der Waals surface area contributed by atoms with Crippen molar-refractivity contribution in [2.24, 2.45) is 5.73 Å². The van der Waals surface area contributed by atoms with Crippen molar-refractivity contribution in [2.45, 2.75) is 38.1 Å². The molecule has 1 aliphatic rings. The molecule has 1 unspecified atom stereocenters. The van der Waals surface area contributed by atoms with Crippen molar-refractivity contribution < 1.29 is 0 Å².